The van der Waals surface area contributed by atoms with Gasteiger partial charge in [-0.2, -0.15) is 0 Å². The molecule has 0 amide bonds. The first-order chi connectivity index (χ1) is 7.27. The first kappa shape index (κ1) is 10.4. The monoisotopic (exact) mass is 265 g/mol. The van der Waals surface area contributed by atoms with Crippen molar-refractivity contribution in [2.24, 2.45) is 7.05 Å². The molecule has 0 aliphatic rings. The van der Waals surface area contributed by atoms with E-state index in [4.69, 9.17) is 0 Å². The Kier molecular flexibility index (Phi) is 3.16. The van der Waals surface area contributed by atoms with Gasteiger partial charge in [0, 0.05) is 17.9 Å². The summed E-state index contributed by atoms with van der Waals surface area (Å²) in [5.41, 5.74) is 1.31. The number of nitrogens with zero attached hydrogens (tertiary/aromatic N) is 3. The summed E-state index contributed by atoms with van der Waals surface area (Å²) >= 11 is 3.54. The number of benzene rings is 1. The second-order valence-corrected chi connectivity index (χ2v) is 4.30. The van der Waals surface area contributed by atoms with Crippen LogP contribution in [0.1, 0.15) is 11.4 Å². The summed E-state index contributed by atoms with van der Waals surface area (Å²) < 4.78 is 3.11. The number of aromatic nitrogens is 3. The first-order valence-corrected chi connectivity index (χ1v) is 5.63. The van der Waals surface area contributed by atoms with E-state index in [1.807, 2.05) is 17.7 Å². The molecular formula is C11H12BrN3. The average Bonchev–Trinajstić information content (AvgIpc) is 2.63. The Morgan fingerprint density at radius 3 is 2.73 bits per heavy atom. The summed E-state index contributed by atoms with van der Waals surface area (Å²) in [6.45, 7) is 0. The summed E-state index contributed by atoms with van der Waals surface area (Å²) in [4.78, 5) is 0. The van der Waals surface area contributed by atoms with Gasteiger partial charge in [0.1, 0.15) is 12.2 Å². The minimum absolute atomic E-state index is 0.916. The van der Waals surface area contributed by atoms with Crippen LogP contribution in [-0.2, 0) is 19.9 Å². The fourth-order valence-corrected chi connectivity index (χ4v) is 1.96. The average molecular weight is 266 g/mol. The lowest BCUT2D eigenvalue weighted by atomic mass is 10.1. The third-order valence-corrected chi connectivity index (χ3v) is 3.15. The van der Waals surface area contributed by atoms with Crippen molar-refractivity contribution < 1.29 is 0 Å². The van der Waals surface area contributed by atoms with E-state index < -0.39 is 0 Å². The standard InChI is InChI=1S/C11H12BrN3/c1-15-8-13-14-11(15)7-6-9-4-2-3-5-10(9)12/h2-5,8H,6-7H2,1H3. The highest BCUT2D eigenvalue weighted by Crippen LogP contribution is 2.17. The van der Waals surface area contributed by atoms with Crippen molar-refractivity contribution in [3.63, 3.8) is 0 Å². The molecule has 1 aromatic heterocycles. The van der Waals surface area contributed by atoms with Crippen LogP contribution in [0.5, 0.6) is 0 Å². The van der Waals surface area contributed by atoms with Gasteiger partial charge in [-0.1, -0.05) is 34.1 Å². The van der Waals surface area contributed by atoms with Crippen molar-refractivity contribution in [3.8, 4) is 0 Å². The zero-order valence-electron chi connectivity index (χ0n) is 8.52. The smallest absolute Gasteiger partial charge is 0.132 e. The lowest BCUT2D eigenvalue weighted by molar-refractivity contribution is 0.768. The van der Waals surface area contributed by atoms with Crippen LogP contribution < -0.4 is 0 Å². The normalized spacial score (nSPS) is 10.5. The molecule has 0 fully saturated rings. The highest BCUT2D eigenvalue weighted by molar-refractivity contribution is 9.10. The van der Waals surface area contributed by atoms with E-state index in [1.54, 1.807) is 6.33 Å². The van der Waals surface area contributed by atoms with Gasteiger partial charge < -0.3 is 4.57 Å². The SMILES string of the molecule is Cn1cnnc1CCc1ccccc1Br. The van der Waals surface area contributed by atoms with Gasteiger partial charge in [0.05, 0.1) is 0 Å². The minimum atomic E-state index is 0.916. The van der Waals surface area contributed by atoms with Crippen molar-refractivity contribution >= 4 is 15.9 Å². The molecule has 78 valence electrons. The highest BCUT2D eigenvalue weighted by Gasteiger charge is 2.03. The largest absolute Gasteiger partial charge is 0.321 e. The molecule has 1 heterocycles. The van der Waals surface area contributed by atoms with Crippen molar-refractivity contribution in [2.45, 2.75) is 12.8 Å². The molecule has 0 bridgehead atoms. The Hall–Kier alpha value is -1.16. The van der Waals surface area contributed by atoms with E-state index in [0.29, 0.717) is 0 Å². The second-order valence-electron chi connectivity index (χ2n) is 3.45. The van der Waals surface area contributed by atoms with Crippen molar-refractivity contribution in [3.05, 3.63) is 46.5 Å². The van der Waals surface area contributed by atoms with Gasteiger partial charge in [0.25, 0.3) is 0 Å². The molecule has 2 rings (SSSR count). The van der Waals surface area contributed by atoms with Gasteiger partial charge in [-0.3, -0.25) is 0 Å². The molecule has 4 heteroatoms. The fraction of sp³-hybridized carbons (Fsp3) is 0.273. The molecule has 0 saturated carbocycles. The zero-order chi connectivity index (χ0) is 10.7. The molecule has 0 spiro atoms. The maximum atomic E-state index is 4.06. The number of hydrogen-bond donors (Lipinski definition) is 0. The summed E-state index contributed by atoms with van der Waals surface area (Å²) in [5, 5.41) is 7.92. The molecule has 0 atom stereocenters. The molecule has 0 saturated heterocycles. The van der Waals surface area contributed by atoms with Crippen molar-refractivity contribution in [2.75, 3.05) is 0 Å². The Morgan fingerprint density at radius 1 is 1.27 bits per heavy atom. The topological polar surface area (TPSA) is 30.7 Å². The van der Waals surface area contributed by atoms with Gasteiger partial charge in [-0.15, -0.1) is 10.2 Å². The molecule has 2 aromatic rings. The van der Waals surface area contributed by atoms with Crippen LogP contribution >= 0.6 is 15.9 Å². The van der Waals surface area contributed by atoms with Gasteiger partial charge in [0.15, 0.2) is 0 Å². The van der Waals surface area contributed by atoms with Crippen LogP contribution in [0.25, 0.3) is 0 Å². The van der Waals surface area contributed by atoms with Gasteiger partial charge >= 0.3 is 0 Å². The van der Waals surface area contributed by atoms with E-state index in [9.17, 15) is 0 Å². The molecule has 0 radical (unpaired) electrons. The van der Waals surface area contributed by atoms with Gasteiger partial charge in [-0.05, 0) is 18.1 Å². The van der Waals surface area contributed by atoms with Crippen LogP contribution in [-0.4, -0.2) is 14.8 Å². The minimum Gasteiger partial charge on any atom is -0.321 e. The van der Waals surface area contributed by atoms with E-state index in [1.165, 1.54) is 5.56 Å². The fourth-order valence-electron chi connectivity index (χ4n) is 1.48. The summed E-state index contributed by atoms with van der Waals surface area (Å²) in [6, 6.07) is 8.26. The van der Waals surface area contributed by atoms with Crippen LogP contribution in [0.3, 0.4) is 0 Å². The lowest BCUT2D eigenvalue weighted by Crippen LogP contribution is -2.00. The first-order valence-electron chi connectivity index (χ1n) is 4.83. The maximum Gasteiger partial charge on any atom is 0.132 e. The third kappa shape index (κ3) is 2.45. The Morgan fingerprint density at radius 2 is 2.07 bits per heavy atom. The van der Waals surface area contributed by atoms with Crippen molar-refractivity contribution in [1.29, 1.82) is 0 Å². The molecule has 0 N–H and O–H groups in total. The Balaban J connectivity index is 2.06. The Bertz CT molecular complexity index is 451. The predicted molar refractivity (Wildman–Crippen MR) is 62.6 cm³/mol. The maximum absolute atomic E-state index is 4.06. The van der Waals surface area contributed by atoms with Crippen LogP contribution in [0.2, 0.25) is 0 Å². The lowest BCUT2D eigenvalue weighted by Gasteiger charge is -2.03. The van der Waals surface area contributed by atoms with Crippen LogP contribution in [0.4, 0.5) is 0 Å². The highest BCUT2D eigenvalue weighted by atomic mass is 79.9. The molecule has 15 heavy (non-hydrogen) atoms. The summed E-state index contributed by atoms with van der Waals surface area (Å²) in [7, 11) is 1.97. The van der Waals surface area contributed by atoms with E-state index in [2.05, 4.69) is 44.3 Å². The van der Waals surface area contributed by atoms with Crippen LogP contribution in [0.15, 0.2) is 35.1 Å². The summed E-state index contributed by atoms with van der Waals surface area (Å²) in [6.07, 6.45) is 3.63. The van der Waals surface area contributed by atoms with Crippen LogP contribution in [0, 0.1) is 0 Å². The molecule has 1 aromatic carbocycles. The molecule has 0 aliphatic carbocycles. The van der Waals surface area contributed by atoms with Gasteiger partial charge in [0.2, 0.25) is 0 Å². The van der Waals surface area contributed by atoms with Crippen molar-refractivity contribution in [1.82, 2.24) is 14.8 Å². The summed E-state index contributed by atoms with van der Waals surface area (Å²) in [5.74, 6) is 1.02. The van der Waals surface area contributed by atoms with E-state index in [-0.39, 0.29) is 0 Å². The number of hydrogen-bond acceptors (Lipinski definition) is 2. The molecule has 3 nitrogen and oxygen atoms in total. The molecule has 0 unspecified atom stereocenters. The van der Waals surface area contributed by atoms with Gasteiger partial charge in [-0.25, -0.2) is 0 Å². The quantitative estimate of drug-likeness (QED) is 0.853. The zero-order valence-corrected chi connectivity index (χ0v) is 10.1. The Labute approximate surface area is 97.3 Å². The predicted octanol–water partition coefficient (Wildman–Crippen LogP) is 2.36. The molecular weight excluding hydrogens is 254 g/mol. The number of rotatable bonds is 3. The molecule has 0 aliphatic heterocycles. The number of halogens is 1. The van der Waals surface area contributed by atoms with E-state index in [0.717, 1.165) is 23.1 Å². The van der Waals surface area contributed by atoms with E-state index >= 15 is 0 Å². The number of aryl methyl sites for hydroxylation is 3. The second kappa shape index (κ2) is 4.57. The third-order valence-electron chi connectivity index (χ3n) is 2.38.